The lowest BCUT2D eigenvalue weighted by molar-refractivity contribution is -0.384. The molecular weight excluding hydrogens is 176 g/mol. The molecule has 0 aliphatic heterocycles. The summed E-state index contributed by atoms with van der Waals surface area (Å²) < 4.78 is 4.00. The molecule has 60 valence electrons. The van der Waals surface area contributed by atoms with Gasteiger partial charge in [-0.25, -0.2) is 0 Å². The Labute approximate surface area is 71.8 Å². The van der Waals surface area contributed by atoms with E-state index in [1.807, 2.05) is 5.38 Å². The van der Waals surface area contributed by atoms with E-state index in [4.69, 9.17) is 0 Å². The van der Waals surface area contributed by atoms with Gasteiger partial charge in [0.2, 0.25) is 0 Å². The Morgan fingerprint density at radius 3 is 3.08 bits per heavy atom. The number of benzene rings is 1. The Kier molecular flexibility index (Phi) is 1.51. The van der Waals surface area contributed by atoms with Crippen molar-refractivity contribution in [2.24, 2.45) is 0 Å². The molecule has 0 aliphatic rings. The molecule has 0 amide bonds. The van der Waals surface area contributed by atoms with E-state index >= 15 is 0 Å². The molecule has 1 aromatic heterocycles. The molecule has 0 N–H and O–H groups in total. The number of nitro benzene ring substituents is 1. The van der Waals surface area contributed by atoms with Gasteiger partial charge in [-0.15, -0.1) is 0 Å². The number of fused-ring (bicyclic) bond motifs is 1. The standard InChI is InChI=1S/C7H4N2O2S/c10-9(11)6-2-1-5-4-12-8-7(5)3-6/h1-4H. The summed E-state index contributed by atoms with van der Waals surface area (Å²) in [5, 5.41) is 13.2. The molecule has 0 aliphatic carbocycles. The van der Waals surface area contributed by atoms with Crippen molar-refractivity contribution in [3.8, 4) is 0 Å². The van der Waals surface area contributed by atoms with Crippen molar-refractivity contribution in [3.05, 3.63) is 33.7 Å². The Bertz CT molecular complexity index is 438. The van der Waals surface area contributed by atoms with E-state index in [2.05, 4.69) is 4.37 Å². The first-order valence-corrected chi connectivity index (χ1v) is 4.09. The lowest BCUT2D eigenvalue weighted by atomic mass is 10.2. The highest BCUT2D eigenvalue weighted by atomic mass is 32.1. The van der Waals surface area contributed by atoms with Crippen molar-refractivity contribution >= 4 is 28.1 Å². The zero-order valence-electron chi connectivity index (χ0n) is 5.93. The van der Waals surface area contributed by atoms with Crippen molar-refractivity contribution in [2.45, 2.75) is 0 Å². The van der Waals surface area contributed by atoms with Crippen LogP contribution in [0.5, 0.6) is 0 Å². The molecule has 2 rings (SSSR count). The molecule has 12 heavy (non-hydrogen) atoms. The second kappa shape index (κ2) is 2.53. The van der Waals surface area contributed by atoms with Crippen LogP contribution in [0, 0.1) is 10.1 Å². The van der Waals surface area contributed by atoms with Crippen LogP contribution in [0.25, 0.3) is 10.9 Å². The first-order chi connectivity index (χ1) is 5.77. The molecule has 0 saturated carbocycles. The van der Waals surface area contributed by atoms with Crippen LogP contribution in [-0.4, -0.2) is 9.30 Å². The predicted octanol–water partition coefficient (Wildman–Crippen LogP) is 2.20. The van der Waals surface area contributed by atoms with Crippen LogP contribution in [0.3, 0.4) is 0 Å². The van der Waals surface area contributed by atoms with Crippen molar-refractivity contribution in [3.63, 3.8) is 0 Å². The zero-order valence-corrected chi connectivity index (χ0v) is 6.75. The maximum absolute atomic E-state index is 10.3. The highest BCUT2D eigenvalue weighted by molar-refractivity contribution is 7.04. The monoisotopic (exact) mass is 180 g/mol. The van der Waals surface area contributed by atoms with E-state index in [1.165, 1.54) is 23.7 Å². The molecule has 5 heteroatoms. The number of rotatable bonds is 1. The van der Waals surface area contributed by atoms with Crippen LogP contribution >= 0.6 is 11.5 Å². The predicted molar refractivity (Wildman–Crippen MR) is 46.3 cm³/mol. The molecule has 0 bridgehead atoms. The first kappa shape index (κ1) is 7.17. The highest BCUT2D eigenvalue weighted by Gasteiger charge is 2.06. The number of nitro groups is 1. The van der Waals surface area contributed by atoms with Crippen LogP contribution < -0.4 is 0 Å². The number of hydrogen-bond acceptors (Lipinski definition) is 4. The molecule has 0 atom stereocenters. The smallest absolute Gasteiger partial charge is 0.258 e. The van der Waals surface area contributed by atoms with Crippen LogP contribution in [0.2, 0.25) is 0 Å². The van der Waals surface area contributed by atoms with Gasteiger partial charge in [0, 0.05) is 22.9 Å². The Balaban J connectivity index is 2.68. The van der Waals surface area contributed by atoms with Gasteiger partial charge in [0.05, 0.1) is 10.4 Å². The lowest BCUT2D eigenvalue weighted by Gasteiger charge is -1.89. The first-order valence-electron chi connectivity index (χ1n) is 3.26. The fraction of sp³-hybridized carbons (Fsp3) is 0. The average Bonchev–Trinajstić information content (AvgIpc) is 2.49. The molecule has 0 saturated heterocycles. The van der Waals surface area contributed by atoms with Crippen LogP contribution in [0.1, 0.15) is 0 Å². The summed E-state index contributed by atoms with van der Waals surface area (Å²) in [5.41, 5.74) is 0.780. The Morgan fingerprint density at radius 1 is 1.50 bits per heavy atom. The summed E-state index contributed by atoms with van der Waals surface area (Å²) in [7, 11) is 0. The summed E-state index contributed by atoms with van der Waals surface area (Å²) >= 11 is 1.30. The van der Waals surface area contributed by atoms with Crippen LogP contribution in [-0.2, 0) is 0 Å². The largest absolute Gasteiger partial charge is 0.271 e. The number of nitrogens with zero attached hydrogens (tertiary/aromatic N) is 2. The quantitative estimate of drug-likeness (QED) is 0.499. The van der Waals surface area contributed by atoms with Crippen LogP contribution in [0.4, 0.5) is 5.69 Å². The second-order valence-corrected chi connectivity index (χ2v) is 2.94. The van der Waals surface area contributed by atoms with Gasteiger partial charge in [-0.05, 0) is 17.6 Å². The average molecular weight is 180 g/mol. The van der Waals surface area contributed by atoms with Gasteiger partial charge in [-0.3, -0.25) is 10.1 Å². The van der Waals surface area contributed by atoms with Crippen molar-refractivity contribution in [1.82, 2.24) is 4.37 Å². The van der Waals surface area contributed by atoms with Gasteiger partial charge in [-0.1, -0.05) is 0 Å². The number of aromatic nitrogens is 1. The highest BCUT2D eigenvalue weighted by Crippen LogP contribution is 2.20. The molecule has 2 aromatic rings. The minimum atomic E-state index is -0.418. The molecular formula is C7H4N2O2S. The Hall–Kier alpha value is -1.49. The maximum atomic E-state index is 10.3. The SMILES string of the molecule is O=[N+]([O-])c1ccc2csnc2c1. The molecule has 0 radical (unpaired) electrons. The molecule has 1 aromatic carbocycles. The van der Waals surface area contributed by atoms with Gasteiger partial charge in [0.15, 0.2) is 0 Å². The Morgan fingerprint density at radius 2 is 2.33 bits per heavy atom. The van der Waals surface area contributed by atoms with Gasteiger partial charge < -0.3 is 0 Å². The van der Waals surface area contributed by atoms with Gasteiger partial charge in [0.25, 0.3) is 5.69 Å². The molecule has 1 heterocycles. The molecule has 4 nitrogen and oxygen atoms in total. The van der Waals surface area contributed by atoms with E-state index in [-0.39, 0.29) is 5.69 Å². The van der Waals surface area contributed by atoms with E-state index in [0.29, 0.717) is 5.52 Å². The van der Waals surface area contributed by atoms with Crippen molar-refractivity contribution in [1.29, 1.82) is 0 Å². The van der Waals surface area contributed by atoms with E-state index in [9.17, 15) is 10.1 Å². The van der Waals surface area contributed by atoms with E-state index < -0.39 is 4.92 Å². The third kappa shape index (κ3) is 1.04. The molecule has 0 fully saturated rings. The summed E-state index contributed by atoms with van der Waals surface area (Å²) in [6, 6.07) is 4.67. The second-order valence-electron chi connectivity index (χ2n) is 2.31. The summed E-state index contributed by atoms with van der Waals surface area (Å²) in [6.07, 6.45) is 0. The summed E-state index contributed by atoms with van der Waals surface area (Å²) in [6.45, 7) is 0. The third-order valence-corrected chi connectivity index (χ3v) is 2.22. The van der Waals surface area contributed by atoms with E-state index in [0.717, 1.165) is 5.39 Å². The van der Waals surface area contributed by atoms with Gasteiger partial charge in [-0.2, -0.15) is 4.37 Å². The number of hydrogen-bond donors (Lipinski definition) is 0. The fourth-order valence-corrected chi connectivity index (χ4v) is 1.60. The maximum Gasteiger partial charge on any atom is 0.271 e. The van der Waals surface area contributed by atoms with Crippen molar-refractivity contribution < 1.29 is 4.92 Å². The zero-order chi connectivity index (χ0) is 8.55. The lowest BCUT2D eigenvalue weighted by Crippen LogP contribution is -1.86. The van der Waals surface area contributed by atoms with Crippen LogP contribution in [0.15, 0.2) is 23.6 Å². The third-order valence-electron chi connectivity index (χ3n) is 1.56. The number of non-ortho nitro benzene ring substituents is 1. The minimum absolute atomic E-state index is 0.0911. The summed E-state index contributed by atoms with van der Waals surface area (Å²) in [4.78, 5) is 9.93. The van der Waals surface area contributed by atoms with Gasteiger partial charge in [0.1, 0.15) is 0 Å². The fourth-order valence-electron chi connectivity index (χ4n) is 0.964. The minimum Gasteiger partial charge on any atom is -0.258 e. The molecule has 0 unspecified atom stereocenters. The normalized spacial score (nSPS) is 10.3. The van der Waals surface area contributed by atoms with Crippen molar-refractivity contribution in [2.75, 3.05) is 0 Å². The molecule has 0 spiro atoms. The van der Waals surface area contributed by atoms with E-state index in [1.54, 1.807) is 6.07 Å². The topological polar surface area (TPSA) is 56.0 Å². The van der Waals surface area contributed by atoms with Gasteiger partial charge >= 0.3 is 0 Å². The summed E-state index contributed by atoms with van der Waals surface area (Å²) in [5.74, 6) is 0.